The number of amides is 1. The van der Waals surface area contributed by atoms with Crippen molar-refractivity contribution in [2.24, 2.45) is 0 Å². The van der Waals surface area contributed by atoms with Gasteiger partial charge in [-0.05, 0) is 0 Å². The lowest BCUT2D eigenvalue weighted by Crippen LogP contribution is -2.24. The van der Waals surface area contributed by atoms with Gasteiger partial charge in [-0.15, -0.1) is 16.7 Å². The van der Waals surface area contributed by atoms with E-state index in [-0.39, 0.29) is 17.3 Å². The molecule has 1 fully saturated rings. The molecule has 1 atom stereocenters. The lowest BCUT2D eigenvalue weighted by molar-refractivity contribution is -0.117. The summed E-state index contributed by atoms with van der Waals surface area (Å²) in [5.74, 6) is 0.379. The van der Waals surface area contributed by atoms with E-state index in [9.17, 15) is 4.79 Å². The minimum absolute atomic E-state index is 0.0661. The highest BCUT2D eigenvalue weighted by molar-refractivity contribution is 6.24. The van der Waals surface area contributed by atoms with Crippen LogP contribution >= 0.6 is 11.6 Å². The van der Waals surface area contributed by atoms with Crippen molar-refractivity contribution in [2.75, 3.05) is 11.4 Å². The van der Waals surface area contributed by atoms with E-state index >= 15 is 0 Å². The first kappa shape index (κ1) is 8.50. The van der Waals surface area contributed by atoms with Crippen LogP contribution in [0.1, 0.15) is 12.3 Å². The average molecular weight is 202 g/mol. The summed E-state index contributed by atoms with van der Waals surface area (Å²) < 4.78 is 5.11. The fourth-order valence-electron chi connectivity index (χ4n) is 1.24. The molecule has 2 rings (SSSR count). The predicted molar refractivity (Wildman–Crippen MR) is 45.6 cm³/mol. The van der Waals surface area contributed by atoms with Crippen LogP contribution in [0.3, 0.4) is 0 Å². The number of nitrogens with zero attached hydrogens (tertiary/aromatic N) is 3. The van der Waals surface area contributed by atoms with Gasteiger partial charge in [0.05, 0.1) is 5.38 Å². The molecule has 0 radical (unpaired) electrons. The van der Waals surface area contributed by atoms with Crippen molar-refractivity contribution in [3.05, 3.63) is 5.89 Å². The number of alkyl halides is 1. The van der Waals surface area contributed by atoms with Gasteiger partial charge >= 0.3 is 6.01 Å². The van der Waals surface area contributed by atoms with Crippen LogP contribution in [0.5, 0.6) is 0 Å². The van der Waals surface area contributed by atoms with Gasteiger partial charge in [0.15, 0.2) is 0 Å². The van der Waals surface area contributed by atoms with Crippen LogP contribution in [0.25, 0.3) is 0 Å². The summed E-state index contributed by atoms with van der Waals surface area (Å²) in [5, 5.41) is 7.23. The zero-order valence-corrected chi connectivity index (χ0v) is 7.78. The fourth-order valence-corrected chi connectivity index (χ4v) is 1.51. The molecule has 1 amide bonds. The highest BCUT2D eigenvalue weighted by atomic mass is 35.5. The Labute approximate surface area is 79.7 Å². The van der Waals surface area contributed by atoms with E-state index < -0.39 is 0 Å². The number of hydrogen-bond acceptors (Lipinski definition) is 4. The molecule has 0 aromatic carbocycles. The van der Waals surface area contributed by atoms with Gasteiger partial charge in [0.25, 0.3) is 0 Å². The smallest absolute Gasteiger partial charge is 0.325 e. The van der Waals surface area contributed by atoms with Gasteiger partial charge in [-0.25, -0.2) is 0 Å². The molecule has 13 heavy (non-hydrogen) atoms. The minimum atomic E-state index is -0.153. The molecular formula is C7H8ClN3O2. The maximum absolute atomic E-state index is 11.3. The van der Waals surface area contributed by atoms with Gasteiger partial charge in [0, 0.05) is 19.9 Å². The summed E-state index contributed by atoms with van der Waals surface area (Å²) in [4.78, 5) is 12.7. The van der Waals surface area contributed by atoms with Crippen LogP contribution in [0.4, 0.5) is 6.01 Å². The molecule has 0 spiro atoms. The second-order valence-corrected chi connectivity index (χ2v) is 3.53. The first-order valence-corrected chi connectivity index (χ1v) is 4.35. The van der Waals surface area contributed by atoms with E-state index in [2.05, 4.69) is 10.2 Å². The lowest BCUT2D eigenvalue weighted by atomic mass is 10.4. The number of carbonyl (C=O) groups excluding carboxylic acids is 1. The molecule has 1 aliphatic heterocycles. The Balaban J connectivity index is 2.22. The summed E-state index contributed by atoms with van der Waals surface area (Å²) >= 11 is 5.81. The molecule has 0 bridgehead atoms. The molecule has 5 nitrogen and oxygen atoms in total. The summed E-state index contributed by atoms with van der Waals surface area (Å²) in [7, 11) is 0. The topological polar surface area (TPSA) is 59.2 Å². The minimum Gasteiger partial charge on any atom is -0.408 e. The van der Waals surface area contributed by atoms with Gasteiger partial charge in [-0.1, -0.05) is 5.10 Å². The van der Waals surface area contributed by atoms with E-state index in [0.29, 0.717) is 18.9 Å². The Kier molecular flexibility index (Phi) is 1.95. The third-order valence-electron chi connectivity index (χ3n) is 1.82. The molecule has 2 heterocycles. The molecule has 1 aromatic rings. The van der Waals surface area contributed by atoms with Crippen LogP contribution in [-0.4, -0.2) is 28.0 Å². The first-order chi connectivity index (χ1) is 6.16. The number of rotatable bonds is 1. The Morgan fingerprint density at radius 2 is 2.38 bits per heavy atom. The highest BCUT2D eigenvalue weighted by Gasteiger charge is 2.32. The van der Waals surface area contributed by atoms with Gasteiger partial charge in [-0.3, -0.25) is 9.69 Å². The summed E-state index contributed by atoms with van der Waals surface area (Å²) in [5.41, 5.74) is 0. The number of aryl methyl sites for hydroxylation is 1. The molecule has 1 aromatic heterocycles. The van der Waals surface area contributed by atoms with Gasteiger partial charge in [-0.2, -0.15) is 0 Å². The van der Waals surface area contributed by atoms with Crippen molar-refractivity contribution < 1.29 is 9.21 Å². The number of anilines is 1. The standard InChI is InChI=1S/C7H8ClN3O2/c1-4-9-10-7(13-4)11-3-5(8)2-6(11)12/h5H,2-3H2,1H3. The lowest BCUT2D eigenvalue weighted by Gasteiger charge is -2.07. The van der Waals surface area contributed by atoms with Crippen LogP contribution in [-0.2, 0) is 4.79 Å². The van der Waals surface area contributed by atoms with Crippen LogP contribution in [0.2, 0.25) is 0 Å². The maximum Gasteiger partial charge on any atom is 0.325 e. The SMILES string of the molecule is Cc1nnc(N2CC(Cl)CC2=O)o1. The van der Waals surface area contributed by atoms with Crippen LogP contribution in [0.15, 0.2) is 4.42 Å². The molecule has 1 unspecified atom stereocenters. The second-order valence-electron chi connectivity index (χ2n) is 2.91. The number of carbonyl (C=O) groups is 1. The number of aromatic nitrogens is 2. The van der Waals surface area contributed by atoms with Gasteiger partial charge < -0.3 is 4.42 Å². The van der Waals surface area contributed by atoms with Crippen molar-refractivity contribution in [1.29, 1.82) is 0 Å². The Bertz CT molecular complexity index is 338. The van der Waals surface area contributed by atoms with Crippen LogP contribution < -0.4 is 4.90 Å². The third-order valence-corrected chi connectivity index (χ3v) is 2.12. The average Bonchev–Trinajstić information content (AvgIpc) is 2.58. The Morgan fingerprint density at radius 3 is 2.85 bits per heavy atom. The van der Waals surface area contributed by atoms with Gasteiger partial charge in [0.2, 0.25) is 11.8 Å². The van der Waals surface area contributed by atoms with E-state index in [1.165, 1.54) is 4.90 Å². The molecule has 0 aliphatic carbocycles. The largest absolute Gasteiger partial charge is 0.408 e. The predicted octanol–water partition coefficient (Wildman–Crippen LogP) is 0.722. The molecule has 0 N–H and O–H groups in total. The first-order valence-electron chi connectivity index (χ1n) is 3.91. The van der Waals surface area contributed by atoms with E-state index in [1.54, 1.807) is 6.92 Å². The third kappa shape index (κ3) is 1.51. The molecule has 70 valence electrons. The zero-order valence-electron chi connectivity index (χ0n) is 7.03. The molecule has 0 saturated carbocycles. The summed E-state index contributed by atoms with van der Waals surface area (Å²) in [6.07, 6.45) is 0.336. The molecular weight excluding hydrogens is 194 g/mol. The second kappa shape index (κ2) is 2.99. The monoisotopic (exact) mass is 201 g/mol. The van der Waals surface area contributed by atoms with Crippen molar-refractivity contribution in [3.63, 3.8) is 0 Å². The normalized spacial score (nSPS) is 22.8. The van der Waals surface area contributed by atoms with Crippen molar-refractivity contribution in [2.45, 2.75) is 18.7 Å². The summed E-state index contributed by atoms with van der Waals surface area (Å²) in [6.45, 7) is 2.12. The van der Waals surface area contributed by atoms with Crippen LogP contribution in [0, 0.1) is 6.92 Å². The Morgan fingerprint density at radius 1 is 1.62 bits per heavy atom. The number of hydrogen-bond donors (Lipinski definition) is 0. The fraction of sp³-hybridized carbons (Fsp3) is 0.571. The van der Waals surface area contributed by atoms with Crippen molar-refractivity contribution >= 4 is 23.5 Å². The summed E-state index contributed by atoms with van der Waals surface area (Å²) in [6, 6.07) is 0.241. The molecule has 1 aliphatic rings. The van der Waals surface area contributed by atoms with E-state index in [4.69, 9.17) is 16.0 Å². The van der Waals surface area contributed by atoms with Crippen molar-refractivity contribution in [1.82, 2.24) is 10.2 Å². The Hall–Kier alpha value is -1.10. The maximum atomic E-state index is 11.3. The number of halogens is 1. The zero-order chi connectivity index (χ0) is 9.42. The van der Waals surface area contributed by atoms with Crippen molar-refractivity contribution in [3.8, 4) is 0 Å². The van der Waals surface area contributed by atoms with E-state index in [1.807, 2.05) is 0 Å². The highest BCUT2D eigenvalue weighted by Crippen LogP contribution is 2.22. The quantitative estimate of drug-likeness (QED) is 0.629. The molecule has 1 saturated heterocycles. The molecule has 6 heteroatoms. The van der Waals surface area contributed by atoms with E-state index in [0.717, 1.165) is 0 Å². The van der Waals surface area contributed by atoms with Gasteiger partial charge in [0.1, 0.15) is 0 Å².